The van der Waals surface area contributed by atoms with Gasteiger partial charge >= 0.3 is 0 Å². The van der Waals surface area contributed by atoms with E-state index in [0.29, 0.717) is 11.5 Å². The fourth-order valence-corrected chi connectivity index (χ4v) is 4.62. The van der Waals surface area contributed by atoms with Crippen molar-refractivity contribution in [2.45, 2.75) is 13.3 Å². The van der Waals surface area contributed by atoms with Crippen LogP contribution in [0.5, 0.6) is 0 Å². The van der Waals surface area contributed by atoms with Crippen LogP contribution < -0.4 is 0 Å². The first-order chi connectivity index (χ1) is 12.3. The van der Waals surface area contributed by atoms with Crippen LogP contribution in [0, 0.1) is 6.57 Å². The van der Waals surface area contributed by atoms with Crippen LogP contribution in [0.25, 0.3) is 37.1 Å². The van der Waals surface area contributed by atoms with Crippen molar-refractivity contribution in [2.24, 2.45) is 0 Å². The molecule has 0 spiro atoms. The maximum Gasteiger partial charge on any atom is 0.213 e. The molecular formula is C18H13N5S2. The van der Waals surface area contributed by atoms with Crippen LogP contribution >= 0.6 is 22.7 Å². The maximum absolute atomic E-state index is 7.64. The van der Waals surface area contributed by atoms with Gasteiger partial charge in [0.15, 0.2) is 0 Å². The van der Waals surface area contributed by atoms with E-state index in [2.05, 4.69) is 68.1 Å². The number of aromatic amines is 1. The lowest BCUT2D eigenvalue weighted by Crippen LogP contribution is -1.83. The summed E-state index contributed by atoms with van der Waals surface area (Å²) in [5.74, 6) is 0.534. The van der Waals surface area contributed by atoms with E-state index < -0.39 is 0 Å². The van der Waals surface area contributed by atoms with Gasteiger partial charge in [0.25, 0.3) is 0 Å². The van der Waals surface area contributed by atoms with Crippen LogP contribution in [-0.2, 0) is 6.42 Å². The lowest BCUT2D eigenvalue weighted by atomic mass is 10.0. The van der Waals surface area contributed by atoms with Crippen LogP contribution in [0.3, 0.4) is 0 Å². The molecule has 0 bridgehead atoms. The van der Waals surface area contributed by atoms with Gasteiger partial charge in [0.05, 0.1) is 11.4 Å². The van der Waals surface area contributed by atoms with Crippen LogP contribution in [0.2, 0.25) is 0 Å². The molecule has 4 rings (SSSR count). The number of aryl methyl sites for hydroxylation is 1. The average molecular weight is 363 g/mol. The molecule has 0 saturated heterocycles. The molecule has 7 heteroatoms. The highest BCUT2D eigenvalue weighted by molar-refractivity contribution is 7.16. The lowest BCUT2D eigenvalue weighted by molar-refractivity contribution is 0.881. The third-order valence-corrected chi connectivity index (χ3v) is 6.15. The predicted octanol–water partition coefficient (Wildman–Crippen LogP) is 5.44. The van der Waals surface area contributed by atoms with Gasteiger partial charge in [-0.1, -0.05) is 37.3 Å². The molecule has 0 atom stereocenters. The minimum Gasteiger partial charge on any atom is -0.236 e. The van der Waals surface area contributed by atoms with E-state index >= 15 is 0 Å². The van der Waals surface area contributed by atoms with Crippen LogP contribution in [0.4, 0.5) is 5.69 Å². The van der Waals surface area contributed by atoms with Gasteiger partial charge in [-0.3, -0.25) is 0 Å². The molecule has 0 aliphatic rings. The van der Waals surface area contributed by atoms with Crippen molar-refractivity contribution >= 4 is 28.4 Å². The van der Waals surface area contributed by atoms with E-state index in [1.165, 1.54) is 10.4 Å². The molecule has 25 heavy (non-hydrogen) atoms. The smallest absolute Gasteiger partial charge is 0.213 e. The Morgan fingerprint density at radius 1 is 1.16 bits per heavy atom. The summed E-state index contributed by atoms with van der Waals surface area (Å²) in [7, 11) is 0. The highest BCUT2D eigenvalue weighted by atomic mass is 32.1. The first-order valence-electron chi connectivity index (χ1n) is 7.73. The van der Waals surface area contributed by atoms with E-state index in [-0.39, 0.29) is 0 Å². The molecule has 0 amide bonds. The molecule has 0 aliphatic carbocycles. The largest absolute Gasteiger partial charge is 0.236 e. The zero-order chi connectivity index (χ0) is 17.2. The molecule has 3 heterocycles. The molecule has 1 aromatic carbocycles. The second-order valence-electron chi connectivity index (χ2n) is 5.33. The number of rotatable bonds is 4. The Morgan fingerprint density at radius 2 is 1.96 bits per heavy atom. The quantitative estimate of drug-likeness (QED) is 0.491. The number of H-pyrrole nitrogens is 1. The highest BCUT2D eigenvalue weighted by Gasteiger charge is 2.22. The highest BCUT2D eigenvalue weighted by Crippen LogP contribution is 2.47. The first-order valence-corrected chi connectivity index (χ1v) is 9.42. The van der Waals surface area contributed by atoms with Gasteiger partial charge < -0.3 is 0 Å². The van der Waals surface area contributed by atoms with E-state index in [0.717, 1.165) is 27.3 Å². The van der Waals surface area contributed by atoms with E-state index in [9.17, 15) is 0 Å². The van der Waals surface area contributed by atoms with Crippen LogP contribution in [0.1, 0.15) is 11.8 Å². The summed E-state index contributed by atoms with van der Waals surface area (Å²) in [6.07, 6.45) is 0.806. The number of thiophene rings is 2. The zero-order valence-corrected chi connectivity index (χ0v) is 15.0. The summed E-state index contributed by atoms with van der Waals surface area (Å²) in [5, 5.41) is 16.5. The van der Waals surface area contributed by atoms with Crippen molar-refractivity contribution in [3.05, 3.63) is 58.1 Å². The Kier molecular flexibility index (Phi) is 4.14. The molecule has 5 nitrogen and oxygen atoms in total. The lowest BCUT2D eigenvalue weighted by Gasteiger charge is -2.05. The van der Waals surface area contributed by atoms with Gasteiger partial charge in [0.2, 0.25) is 11.5 Å². The summed E-state index contributed by atoms with van der Waals surface area (Å²) >= 11 is 3.28. The van der Waals surface area contributed by atoms with Crippen LogP contribution in [0.15, 0.2) is 41.8 Å². The molecule has 1 N–H and O–H groups in total. The summed E-state index contributed by atoms with van der Waals surface area (Å²) in [5.41, 5.74) is 3.77. The second-order valence-corrected chi connectivity index (χ2v) is 7.39. The van der Waals surface area contributed by atoms with E-state index in [1.807, 2.05) is 6.07 Å². The minimum absolute atomic E-state index is 0.534. The molecule has 0 unspecified atom stereocenters. The minimum atomic E-state index is 0.534. The average Bonchev–Trinajstić information content (AvgIpc) is 3.41. The monoisotopic (exact) mass is 363 g/mol. The number of hydrogen-bond donors (Lipinski definition) is 1. The molecule has 4 aromatic rings. The first kappa shape index (κ1) is 15.7. The van der Waals surface area contributed by atoms with Gasteiger partial charge in [-0.05, 0) is 34.2 Å². The van der Waals surface area contributed by atoms with Gasteiger partial charge in [0.1, 0.15) is 0 Å². The van der Waals surface area contributed by atoms with Gasteiger partial charge in [-0.25, -0.2) is 4.85 Å². The normalized spacial score (nSPS) is 10.7. The number of hydrogen-bond acceptors (Lipinski definition) is 5. The zero-order valence-electron chi connectivity index (χ0n) is 13.4. The number of tetrazole rings is 1. The fourth-order valence-electron chi connectivity index (χ4n) is 2.75. The van der Waals surface area contributed by atoms with Crippen molar-refractivity contribution in [3.8, 4) is 32.3 Å². The Bertz CT molecular complexity index is 1020. The van der Waals surface area contributed by atoms with Crippen LogP contribution in [-0.4, -0.2) is 20.6 Å². The molecule has 0 fully saturated rings. The number of nitrogens with one attached hydrogen (secondary N) is 1. The van der Waals surface area contributed by atoms with Gasteiger partial charge in [0, 0.05) is 15.3 Å². The third-order valence-electron chi connectivity index (χ3n) is 3.91. The molecule has 0 saturated carbocycles. The second kappa shape index (κ2) is 6.59. The van der Waals surface area contributed by atoms with Crippen molar-refractivity contribution in [2.75, 3.05) is 0 Å². The Hall–Kier alpha value is -2.82. The standard InChI is InChI=1S/C18H13N5S2/c1-3-13-16(19-2)15(17(25-13)18-20-22-23-21-18)12-8-6-11(7-9-12)14-5-4-10-24-14/h4-10H,3H2,1H3,(H,20,21,22,23). The predicted molar refractivity (Wildman–Crippen MR) is 102 cm³/mol. The summed E-state index contributed by atoms with van der Waals surface area (Å²) in [4.78, 5) is 6.97. The fraction of sp³-hybridized carbons (Fsp3) is 0.111. The van der Waals surface area contributed by atoms with Crippen molar-refractivity contribution < 1.29 is 0 Å². The van der Waals surface area contributed by atoms with E-state index in [4.69, 9.17) is 6.57 Å². The summed E-state index contributed by atoms with van der Waals surface area (Å²) in [6, 6.07) is 12.5. The Morgan fingerprint density at radius 3 is 2.56 bits per heavy atom. The van der Waals surface area contributed by atoms with Crippen molar-refractivity contribution in [1.29, 1.82) is 0 Å². The van der Waals surface area contributed by atoms with Gasteiger partial charge in [-0.15, -0.1) is 32.9 Å². The van der Waals surface area contributed by atoms with Crippen molar-refractivity contribution in [3.63, 3.8) is 0 Å². The molecule has 122 valence electrons. The van der Waals surface area contributed by atoms with Gasteiger partial charge in [-0.2, -0.15) is 5.21 Å². The SMILES string of the molecule is [C-]#[N+]c1c(CC)sc(-c2nn[nH]n2)c1-c1ccc(-c2cccs2)cc1. The number of nitrogens with zero attached hydrogens (tertiary/aromatic N) is 4. The van der Waals surface area contributed by atoms with E-state index in [1.54, 1.807) is 22.7 Å². The summed E-state index contributed by atoms with van der Waals surface area (Å²) < 4.78 is 0. The molecular weight excluding hydrogens is 350 g/mol. The topological polar surface area (TPSA) is 58.8 Å². The maximum atomic E-state index is 7.64. The number of benzene rings is 1. The Balaban J connectivity index is 1.87. The Labute approximate surface area is 152 Å². The molecule has 0 aliphatic heterocycles. The number of aromatic nitrogens is 4. The molecule has 3 aromatic heterocycles. The third kappa shape index (κ3) is 2.76. The molecule has 0 radical (unpaired) electrons. The summed E-state index contributed by atoms with van der Waals surface area (Å²) in [6.45, 7) is 9.70. The van der Waals surface area contributed by atoms with Crippen molar-refractivity contribution in [1.82, 2.24) is 20.6 Å².